The Hall–Kier alpha value is -1.03. The van der Waals surface area contributed by atoms with Crippen molar-refractivity contribution in [2.75, 3.05) is 12.0 Å². The Morgan fingerprint density at radius 1 is 1.37 bits per heavy atom. The third kappa shape index (κ3) is 4.86. The molecule has 1 aromatic rings. The zero-order valence-electron chi connectivity index (χ0n) is 11.1. The molecule has 0 heterocycles. The molecule has 19 heavy (non-hydrogen) atoms. The summed E-state index contributed by atoms with van der Waals surface area (Å²) in [5, 5.41) is 8.58. The van der Waals surface area contributed by atoms with Gasteiger partial charge in [-0.15, -0.1) is 0 Å². The number of nitrogens with zero attached hydrogens (tertiary/aromatic N) is 1. The molecule has 4 nitrogen and oxygen atoms in total. The molecule has 104 valence electrons. The van der Waals surface area contributed by atoms with Crippen LogP contribution >= 0.6 is 11.8 Å². The van der Waals surface area contributed by atoms with Crippen LogP contribution < -0.4 is 4.72 Å². The van der Waals surface area contributed by atoms with Crippen molar-refractivity contribution >= 4 is 21.8 Å². The highest BCUT2D eigenvalue weighted by Gasteiger charge is 2.18. The van der Waals surface area contributed by atoms with Crippen LogP contribution in [0.25, 0.3) is 0 Å². The maximum atomic E-state index is 12.2. The van der Waals surface area contributed by atoms with Gasteiger partial charge in [0.2, 0.25) is 10.0 Å². The molecule has 1 rings (SSSR count). The fraction of sp³-hybridized carbons (Fsp3) is 0.462. The number of sulfonamides is 1. The van der Waals surface area contributed by atoms with Gasteiger partial charge in [0.15, 0.2) is 0 Å². The summed E-state index contributed by atoms with van der Waals surface area (Å²) in [6, 6.07) is 8.41. The van der Waals surface area contributed by atoms with E-state index >= 15 is 0 Å². The van der Waals surface area contributed by atoms with Crippen LogP contribution in [0.15, 0.2) is 29.2 Å². The molecule has 0 saturated heterocycles. The number of rotatable bonds is 7. The largest absolute Gasteiger partial charge is 0.240 e. The van der Waals surface area contributed by atoms with Gasteiger partial charge < -0.3 is 0 Å². The molecular formula is C13H18N2O2S2. The lowest BCUT2D eigenvalue weighted by Crippen LogP contribution is -2.36. The molecule has 0 aliphatic carbocycles. The van der Waals surface area contributed by atoms with Gasteiger partial charge in [-0.3, -0.25) is 0 Å². The third-order valence-corrected chi connectivity index (χ3v) is 4.97. The van der Waals surface area contributed by atoms with Crippen LogP contribution in [0.4, 0.5) is 0 Å². The number of hydrogen-bond acceptors (Lipinski definition) is 4. The summed E-state index contributed by atoms with van der Waals surface area (Å²) >= 11 is 1.62. The second kappa shape index (κ2) is 7.53. The van der Waals surface area contributed by atoms with Gasteiger partial charge >= 0.3 is 0 Å². The normalized spacial score (nSPS) is 12.9. The second-order valence-electron chi connectivity index (χ2n) is 4.16. The highest BCUT2D eigenvalue weighted by atomic mass is 32.2. The fourth-order valence-corrected chi connectivity index (χ4v) is 3.75. The first-order chi connectivity index (χ1) is 9.03. The van der Waals surface area contributed by atoms with Crippen LogP contribution in [0, 0.1) is 11.3 Å². The summed E-state index contributed by atoms with van der Waals surface area (Å²) in [5.41, 5.74) is 0.817. The van der Waals surface area contributed by atoms with Gasteiger partial charge in [-0.25, -0.2) is 13.1 Å². The molecule has 1 unspecified atom stereocenters. The van der Waals surface area contributed by atoms with E-state index in [0.717, 1.165) is 17.7 Å². The molecule has 0 bridgehead atoms. The molecule has 0 spiro atoms. The van der Waals surface area contributed by atoms with Gasteiger partial charge in [0.1, 0.15) is 0 Å². The van der Waals surface area contributed by atoms with Crippen molar-refractivity contribution in [1.29, 1.82) is 5.26 Å². The first-order valence-electron chi connectivity index (χ1n) is 6.00. The molecule has 0 aliphatic heterocycles. The van der Waals surface area contributed by atoms with Crippen LogP contribution in [0.5, 0.6) is 0 Å². The minimum atomic E-state index is -3.47. The smallest absolute Gasteiger partial charge is 0.207 e. The topological polar surface area (TPSA) is 70.0 Å². The Morgan fingerprint density at radius 3 is 2.47 bits per heavy atom. The quantitative estimate of drug-likeness (QED) is 0.837. The van der Waals surface area contributed by atoms with Gasteiger partial charge in [-0.2, -0.15) is 17.0 Å². The van der Waals surface area contributed by atoms with E-state index in [1.165, 1.54) is 0 Å². The number of benzene rings is 1. The van der Waals surface area contributed by atoms with Crippen molar-refractivity contribution in [1.82, 2.24) is 4.72 Å². The summed E-state index contributed by atoms with van der Waals surface area (Å²) in [5.74, 6) is 0.752. The number of thioether (sulfide) groups is 1. The van der Waals surface area contributed by atoms with Crippen molar-refractivity contribution < 1.29 is 8.42 Å². The van der Waals surface area contributed by atoms with E-state index in [9.17, 15) is 8.42 Å². The van der Waals surface area contributed by atoms with Crippen LogP contribution in [0.2, 0.25) is 0 Å². The molecule has 1 atom stereocenters. The fourth-order valence-electron chi connectivity index (χ4n) is 1.60. The summed E-state index contributed by atoms with van der Waals surface area (Å²) in [7, 11) is -3.47. The molecule has 0 aromatic heterocycles. The number of nitriles is 1. The average Bonchev–Trinajstić information content (AvgIpc) is 2.39. The van der Waals surface area contributed by atoms with Crippen LogP contribution in [0.3, 0.4) is 0 Å². The van der Waals surface area contributed by atoms with Crippen LogP contribution in [-0.4, -0.2) is 26.5 Å². The molecule has 1 N–H and O–H groups in total. The Bertz CT molecular complexity index is 533. The SMILES string of the molecule is CCC(CSC)NS(=O)(=O)c1ccc(CC#N)cc1. The predicted molar refractivity (Wildman–Crippen MR) is 78.5 cm³/mol. The standard InChI is InChI=1S/C13H18N2O2S2/c1-3-12(10-18-2)15-19(16,17)13-6-4-11(5-7-13)8-9-14/h4-7,12,15H,3,8,10H2,1-2H3. The maximum absolute atomic E-state index is 12.2. The summed E-state index contributed by atoms with van der Waals surface area (Å²) in [6.07, 6.45) is 3.00. The van der Waals surface area contributed by atoms with Crippen molar-refractivity contribution in [3.63, 3.8) is 0 Å². The summed E-state index contributed by atoms with van der Waals surface area (Å²) < 4.78 is 27.0. The van der Waals surface area contributed by atoms with Gasteiger partial charge in [0.25, 0.3) is 0 Å². The average molecular weight is 298 g/mol. The summed E-state index contributed by atoms with van der Waals surface area (Å²) in [4.78, 5) is 0.244. The van der Waals surface area contributed by atoms with E-state index < -0.39 is 10.0 Å². The lowest BCUT2D eigenvalue weighted by molar-refractivity contribution is 0.558. The van der Waals surface area contributed by atoms with Gasteiger partial charge in [0.05, 0.1) is 17.4 Å². The molecule has 0 fully saturated rings. The Labute approximate surface area is 119 Å². The first kappa shape index (κ1) is 16.0. The third-order valence-electron chi connectivity index (χ3n) is 2.70. The van der Waals surface area contributed by atoms with E-state index in [2.05, 4.69) is 4.72 Å². The Kier molecular flexibility index (Phi) is 6.35. The summed E-state index contributed by atoms with van der Waals surface area (Å²) in [6.45, 7) is 1.96. The van der Waals surface area contributed by atoms with Crippen LogP contribution in [-0.2, 0) is 16.4 Å². The first-order valence-corrected chi connectivity index (χ1v) is 8.88. The minimum Gasteiger partial charge on any atom is -0.207 e. The monoisotopic (exact) mass is 298 g/mol. The second-order valence-corrected chi connectivity index (χ2v) is 6.79. The molecule has 6 heteroatoms. The van der Waals surface area contributed by atoms with Crippen molar-refractivity contribution in [2.45, 2.75) is 30.7 Å². The van der Waals surface area contributed by atoms with E-state index in [1.807, 2.05) is 19.2 Å². The molecular weight excluding hydrogens is 280 g/mol. The van der Waals surface area contributed by atoms with E-state index in [0.29, 0.717) is 0 Å². The Balaban J connectivity index is 2.85. The Morgan fingerprint density at radius 2 is 2.00 bits per heavy atom. The van der Waals surface area contributed by atoms with Crippen LogP contribution in [0.1, 0.15) is 18.9 Å². The molecule has 0 aliphatic rings. The number of hydrogen-bond donors (Lipinski definition) is 1. The predicted octanol–water partition coefficient (Wildman–Crippen LogP) is 2.17. The van der Waals surface area contributed by atoms with Gasteiger partial charge in [-0.1, -0.05) is 19.1 Å². The van der Waals surface area contributed by atoms with Crippen molar-refractivity contribution in [3.05, 3.63) is 29.8 Å². The zero-order valence-corrected chi connectivity index (χ0v) is 12.7. The highest BCUT2D eigenvalue weighted by molar-refractivity contribution is 7.98. The van der Waals surface area contributed by atoms with E-state index in [-0.39, 0.29) is 17.4 Å². The van der Waals surface area contributed by atoms with Gasteiger partial charge in [0, 0.05) is 11.8 Å². The van der Waals surface area contributed by atoms with Crippen molar-refractivity contribution in [3.8, 4) is 6.07 Å². The lowest BCUT2D eigenvalue weighted by atomic mass is 10.2. The number of nitrogens with one attached hydrogen (secondary N) is 1. The molecule has 0 saturated carbocycles. The van der Waals surface area contributed by atoms with E-state index in [4.69, 9.17) is 5.26 Å². The molecule has 0 amide bonds. The minimum absolute atomic E-state index is 0.0567. The molecule has 0 radical (unpaired) electrons. The lowest BCUT2D eigenvalue weighted by Gasteiger charge is -2.16. The van der Waals surface area contributed by atoms with E-state index in [1.54, 1.807) is 36.0 Å². The maximum Gasteiger partial charge on any atom is 0.240 e. The van der Waals surface area contributed by atoms with Gasteiger partial charge in [-0.05, 0) is 30.4 Å². The highest BCUT2D eigenvalue weighted by Crippen LogP contribution is 2.13. The van der Waals surface area contributed by atoms with Crippen molar-refractivity contribution in [2.24, 2.45) is 0 Å². The molecule has 1 aromatic carbocycles. The zero-order chi connectivity index (χ0) is 14.3.